The van der Waals surface area contributed by atoms with Crippen LogP contribution < -0.4 is 4.74 Å². The molecule has 0 heterocycles. The first-order valence-corrected chi connectivity index (χ1v) is 5.33. The van der Waals surface area contributed by atoms with Crippen molar-refractivity contribution in [3.05, 3.63) is 29.1 Å². The maximum Gasteiger partial charge on any atom is 0.307 e. The van der Waals surface area contributed by atoms with Crippen molar-refractivity contribution in [1.82, 2.24) is 0 Å². The van der Waals surface area contributed by atoms with Crippen LogP contribution in [0.2, 0.25) is 0 Å². The standard InChI is InChI=1S/C10H10BrFO3/c1-15-10-7(5-11)2-6(3-8(10)12)4-9(13)14/h2-3H,4-5H2,1H3,(H,13,14). The molecule has 0 aromatic heterocycles. The Labute approximate surface area is 95.0 Å². The highest BCUT2D eigenvalue weighted by Crippen LogP contribution is 2.26. The number of benzene rings is 1. The normalized spacial score (nSPS) is 10.1. The van der Waals surface area contributed by atoms with Gasteiger partial charge in [0, 0.05) is 10.9 Å². The van der Waals surface area contributed by atoms with E-state index in [9.17, 15) is 9.18 Å². The van der Waals surface area contributed by atoms with Crippen molar-refractivity contribution < 1.29 is 19.0 Å². The van der Waals surface area contributed by atoms with E-state index >= 15 is 0 Å². The maximum atomic E-state index is 13.4. The fraction of sp³-hybridized carbons (Fsp3) is 0.300. The smallest absolute Gasteiger partial charge is 0.307 e. The molecule has 82 valence electrons. The number of hydrogen-bond donors (Lipinski definition) is 1. The molecule has 0 fully saturated rings. The van der Waals surface area contributed by atoms with Gasteiger partial charge in [-0.15, -0.1) is 0 Å². The molecule has 0 saturated heterocycles. The van der Waals surface area contributed by atoms with Gasteiger partial charge in [0.2, 0.25) is 0 Å². The Balaban J connectivity index is 3.13. The van der Waals surface area contributed by atoms with Gasteiger partial charge < -0.3 is 9.84 Å². The maximum absolute atomic E-state index is 13.4. The minimum Gasteiger partial charge on any atom is -0.493 e. The van der Waals surface area contributed by atoms with Gasteiger partial charge in [-0.1, -0.05) is 22.0 Å². The lowest BCUT2D eigenvalue weighted by atomic mass is 10.1. The zero-order chi connectivity index (χ0) is 11.4. The summed E-state index contributed by atoms with van der Waals surface area (Å²) in [5.41, 5.74) is 1.03. The highest BCUT2D eigenvalue weighted by atomic mass is 79.9. The lowest BCUT2D eigenvalue weighted by Gasteiger charge is -2.09. The van der Waals surface area contributed by atoms with Gasteiger partial charge in [-0.05, 0) is 11.6 Å². The van der Waals surface area contributed by atoms with Crippen LogP contribution in [0.3, 0.4) is 0 Å². The summed E-state index contributed by atoms with van der Waals surface area (Å²) in [5, 5.41) is 9.00. The fourth-order valence-electron chi connectivity index (χ4n) is 1.32. The molecule has 3 nitrogen and oxygen atoms in total. The second kappa shape index (κ2) is 5.11. The molecule has 0 aliphatic heterocycles. The van der Waals surface area contributed by atoms with E-state index < -0.39 is 11.8 Å². The lowest BCUT2D eigenvalue weighted by Crippen LogP contribution is -2.03. The Hall–Kier alpha value is -1.10. The summed E-state index contributed by atoms with van der Waals surface area (Å²) in [4.78, 5) is 10.5. The van der Waals surface area contributed by atoms with Crippen LogP contribution in [-0.4, -0.2) is 18.2 Å². The van der Waals surface area contributed by atoms with Crippen LogP contribution in [0.1, 0.15) is 11.1 Å². The molecule has 0 radical (unpaired) electrons. The summed E-state index contributed by atoms with van der Waals surface area (Å²) in [6.45, 7) is 0. The Morgan fingerprint density at radius 2 is 2.27 bits per heavy atom. The highest BCUT2D eigenvalue weighted by molar-refractivity contribution is 9.08. The lowest BCUT2D eigenvalue weighted by molar-refractivity contribution is -0.136. The number of aliphatic carboxylic acids is 1. The summed E-state index contributed by atoms with van der Waals surface area (Å²) < 4.78 is 18.3. The number of carbonyl (C=O) groups is 1. The molecule has 0 aliphatic carbocycles. The summed E-state index contributed by atoms with van der Waals surface area (Å²) in [6.07, 6.45) is -0.194. The van der Waals surface area contributed by atoms with Crippen LogP contribution in [0.25, 0.3) is 0 Å². The summed E-state index contributed by atoms with van der Waals surface area (Å²) in [7, 11) is 1.38. The van der Waals surface area contributed by atoms with Gasteiger partial charge in [0.1, 0.15) is 0 Å². The zero-order valence-corrected chi connectivity index (χ0v) is 9.67. The molecule has 0 amide bonds. The molecule has 5 heteroatoms. The predicted octanol–water partition coefficient (Wildman–Crippen LogP) is 2.36. The quantitative estimate of drug-likeness (QED) is 0.859. The first kappa shape index (κ1) is 12.0. The van der Waals surface area contributed by atoms with Crippen molar-refractivity contribution in [3.63, 3.8) is 0 Å². The third-order valence-electron chi connectivity index (χ3n) is 1.88. The van der Waals surface area contributed by atoms with Crippen LogP contribution in [-0.2, 0) is 16.5 Å². The number of ether oxygens (including phenoxy) is 1. The number of carboxylic acid groups (broad SMARTS) is 1. The number of carboxylic acids is 1. The summed E-state index contributed by atoms with van der Waals surface area (Å²) in [6, 6.07) is 2.80. The average molecular weight is 277 g/mol. The van der Waals surface area contributed by atoms with Gasteiger partial charge in [-0.3, -0.25) is 4.79 Å². The van der Waals surface area contributed by atoms with Gasteiger partial charge >= 0.3 is 5.97 Å². The van der Waals surface area contributed by atoms with Crippen molar-refractivity contribution in [3.8, 4) is 5.75 Å². The van der Waals surface area contributed by atoms with Crippen molar-refractivity contribution in [2.24, 2.45) is 0 Å². The minimum absolute atomic E-state index is 0.154. The number of rotatable bonds is 4. The van der Waals surface area contributed by atoms with E-state index in [1.807, 2.05) is 0 Å². The van der Waals surface area contributed by atoms with Crippen LogP contribution in [0.5, 0.6) is 5.75 Å². The van der Waals surface area contributed by atoms with Crippen molar-refractivity contribution in [2.75, 3.05) is 7.11 Å². The topological polar surface area (TPSA) is 46.5 Å². The number of halogens is 2. The number of methoxy groups -OCH3 is 1. The predicted molar refractivity (Wildman–Crippen MR) is 56.9 cm³/mol. The Kier molecular flexibility index (Phi) is 4.08. The van der Waals surface area contributed by atoms with E-state index in [0.29, 0.717) is 16.5 Å². The molecular weight excluding hydrogens is 267 g/mol. The average Bonchev–Trinajstić information content (AvgIpc) is 2.15. The summed E-state index contributed by atoms with van der Waals surface area (Å²) >= 11 is 3.19. The van der Waals surface area contributed by atoms with Crippen LogP contribution in [0, 0.1) is 5.82 Å². The van der Waals surface area contributed by atoms with E-state index in [4.69, 9.17) is 9.84 Å². The molecule has 15 heavy (non-hydrogen) atoms. The molecule has 1 aromatic carbocycles. The van der Waals surface area contributed by atoms with E-state index in [1.54, 1.807) is 6.07 Å². The number of alkyl halides is 1. The zero-order valence-electron chi connectivity index (χ0n) is 8.09. The Morgan fingerprint density at radius 1 is 1.60 bits per heavy atom. The molecule has 1 aromatic rings. The second-order valence-electron chi connectivity index (χ2n) is 2.97. The Morgan fingerprint density at radius 3 is 2.73 bits per heavy atom. The molecule has 1 rings (SSSR count). The Bertz CT molecular complexity index is 379. The molecule has 0 unspecified atom stereocenters. The third-order valence-corrected chi connectivity index (χ3v) is 2.49. The molecule has 1 N–H and O–H groups in total. The van der Waals surface area contributed by atoms with E-state index in [0.717, 1.165) is 0 Å². The molecule has 0 saturated carbocycles. The number of hydrogen-bond acceptors (Lipinski definition) is 2. The SMILES string of the molecule is COc1c(F)cc(CC(=O)O)cc1CBr. The highest BCUT2D eigenvalue weighted by Gasteiger charge is 2.12. The van der Waals surface area contributed by atoms with Crippen LogP contribution in [0.4, 0.5) is 4.39 Å². The second-order valence-corrected chi connectivity index (χ2v) is 3.53. The summed E-state index contributed by atoms with van der Waals surface area (Å²) in [5.74, 6) is -1.37. The van der Waals surface area contributed by atoms with Gasteiger partial charge in [0.25, 0.3) is 0 Å². The monoisotopic (exact) mass is 276 g/mol. The van der Waals surface area contributed by atoms with E-state index in [2.05, 4.69) is 15.9 Å². The van der Waals surface area contributed by atoms with Gasteiger partial charge in [-0.25, -0.2) is 4.39 Å². The van der Waals surface area contributed by atoms with Gasteiger partial charge in [0.15, 0.2) is 11.6 Å². The van der Waals surface area contributed by atoms with Gasteiger partial charge in [0.05, 0.1) is 13.5 Å². The molecule has 0 bridgehead atoms. The third kappa shape index (κ3) is 2.92. The minimum atomic E-state index is -0.986. The van der Waals surface area contributed by atoms with E-state index in [1.165, 1.54) is 13.2 Å². The van der Waals surface area contributed by atoms with Crippen LogP contribution in [0.15, 0.2) is 12.1 Å². The largest absolute Gasteiger partial charge is 0.493 e. The first-order chi connectivity index (χ1) is 7.08. The van der Waals surface area contributed by atoms with Crippen molar-refractivity contribution in [2.45, 2.75) is 11.8 Å². The molecular formula is C10H10BrFO3. The van der Waals surface area contributed by atoms with Gasteiger partial charge in [-0.2, -0.15) is 0 Å². The molecule has 0 spiro atoms. The van der Waals surface area contributed by atoms with Crippen molar-refractivity contribution >= 4 is 21.9 Å². The van der Waals surface area contributed by atoms with Crippen LogP contribution >= 0.6 is 15.9 Å². The first-order valence-electron chi connectivity index (χ1n) is 4.21. The molecule has 0 atom stereocenters. The van der Waals surface area contributed by atoms with E-state index in [-0.39, 0.29) is 12.2 Å². The molecule has 0 aliphatic rings. The van der Waals surface area contributed by atoms with Crippen molar-refractivity contribution in [1.29, 1.82) is 0 Å². The fourth-order valence-corrected chi connectivity index (χ4v) is 1.73.